The van der Waals surface area contributed by atoms with Crippen LogP contribution in [0, 0.1) is 0 Å². The fraction of sp³-hybridized carbons (Fsp3) is 0.154. The van der Waals surface area contributed by atoms with Gasteiger partial charge in [0.1, 0.15) is 6.33 Å². The number of nitrogens with zero attached hydrogens (tertiary/aromatic N) is 3. The molecule has 3 aromatic rings. The molecule has 0 bridgehead atoms. The van der Waals surface area contributed by atoms with Crippen molar-refractivity contribution in [2.24, 2.45) is 0 Å². The summed E-state index contributed by atoms with van der Waals surface area (Å²) in [6.07, 6.45) is 5.17. The first-order valence-electron chi connectivity index (χ1n) is 5.95. The van der Waals surface area contributed by atoms with Gasteiger partial charge in [-0.2, -0.15) is 5.10 Å². The van der Waals surface area contributed by atoms with E-state index in [2.05, 4.69) is 36.9 Å². The van der Waals surface area contributed by atoms with E-state index < -0.39 is 0 Å². The number of aromatic amines is 1. The Morgan fingerprint density at radius 3 is 3.05 bits per heavy atom. The van der Waals surface area contributed by atoms with Crippen molar-refractivity contribution in [2.45, 2.75) is 13.1 Å². The average molecular weight is 271 g/mol. The molecule has 0 saturated carbocycles. The van der Waals surface area contributed by atoms with Gasteiger partial charge in [0, 0.05) is 24.8 Å². The second-order valence-corrected chi connectivity index (χ2v) is 5.00. The average Bonchev–Trinajstić information content (AvgIpc) is 3.10. The van der Waals surface area contributed by atoms with Crippen molar-refractivity contribution in [1.29, 1.82) is 0 Å². The Bertz CT molecular complexity index is 618. The maximum atomic E-state index is 4.17. The highest BCUT2D eigenvalue weighted by Crippen LogP contribution is 2.25. The van der Waals surface area contributed by atoms with E-state index in [-0.39, 0.29) is 0 Å². The second kappa shape index (κ2) is 5.73. The van der Waals surface area contributed by atoms with Gasteiger partial charge in [-0.1, -0.05) is 6.07 Å². The number of hydrogen-bond donors (Lipinski definition) is 2. The van der Waals surface area contributed by atoms with E-state index >= 15 is 0 Å². The second-order valence-electron chi connectivity index (χ2n) is 4.05. The predicted octanol–water partition coefficient (Wildman–Crippen LogP) is 2.22. The normalized spacial score (nSPS) is 10.7. The van der Waals surface area contributed by atoms with Gasteiger partial charge in [-0.15, -0.1) is 11.3 Å². The molecule has 3 aromatic heterocycles. The fourth-order valence-electron chi connectivity index (χ4n) is 1.83. The molecule has 2 N–H and O–H groups in total. The van der Waals surface area contributed by atoms with Gasteiger partial charge in [-0.25, -0.2) is 9.97 Å². The van der Waals surface area contributed by atoms with E-state index in [0.717, 1.165) is 30.0 Å². The molecule has 0 amide bonds. The third-order valence-corrected chi connectivity index (χ3v) is 3.64. The van der Waals surface area contributed by atoms with E-state index in [9.17, 15) is 0 Å². The Balaban J connectivity index is 1.64. The Labute approximate surface area is 114 Å². The van der Waals surface area contributed by atoms with Gasteiger partial charge in [0.15, 0.2) is 0 Å². The van der Waals surface area contributed by atoms with E-state index in [1.807, 2.05) is 18.3 Å². The van der Waals surface area contributed by atoms with E-state index in [0.29, 0.717) is 0 Å². The maximum Gasteiger partial charge on any atom is 0.115 e. The minimum atomic E-state index is 0.720. The lowest BCUT2D eigenvalue weighted by Crippen LogP contribution is -2.13. The Hall–Kier alpha value is -2.05. The minimum Gasteiger partial charge on any atom is -0.307 e. The lowest BCUT2D eigenvalue weighted by atomic mass is 10.2. The van der Waals surface area contributed by atoms with Crippen molar-refractivity contribution in [2.75, 3.05) is 0 Å². The predicted molar refractivity (Wildman–Crippen MR) is 74.5 cm³/mol. The molecule has 5 nitrogen and oxygen atoms in total. The van der Waals surface area contributed by atoms with Crippen LogP contribution in [-0.4, -0.2) is 20.2 Å². The molecule has 0 aromatic carbocycles. The van der Waals surface area contributed by atoms with Gasteiger partial charge < -0.3 is 5.32 Å². The van der Waals surface area contributed by atoms with Crippen LogP contribution in [0.25, 0.3) is 10.6 Å². The van der Waals surface area contributed by atoms with E-state index in [1.165, 1.54) is 4.88 Å². The first-order chi connectivity index (χ1) is 9.43. The topological polar surface area (TPSA) is 66.5 Å². The van der Waals surface area contributed by atoms with Crippen molar-refractivity contribution >= 4 is 11.3 Å². The molecule has 0 unspecified atom stereocenters. The first-order valence-corrected chi connectivity index (χ1v) is 6.83. The summed E-state index contributed by atoms with van der Waals surface area (Å²) >= 11 is 1.71. The van der Waals surface area contributed by atoms with E-state index in [4.69, 9.17) is 0 Å². The van der Waals surface area contributed by atoms with Crippen molar-refractivity contribution < 1.29 is 0 Å². The Morgan fingerprint density at radius 1 is 1.26 bits per heavy atom. The molecular formula is C13H13N5S. The molecule has 3 heterocycles. The molecule has 3 rings (SSSR count). The van der Waals surface area contributed by atoms with Crippen LogP contribution >= 0.6 is 11.3 Å². The van der Waals surface area contributed by atoms with Gasteiger partial charge in [0.05, 0.1) is 22.5 Å². The lowest BCUT2D eigenvalue weighted by Gasteiger charge is -2.04. The smallest absolute Gasteiger partial charge is 0.115 e. The largest absolute Gasteiger partial charge is 0.307 e. The SMILES string of the molecule is c1csc(-c2[nH]ncc2CNCc2ccncn2)c1. The molecule has 96 valence electrons. The molecule has 0 spiro atoms. The van der Waals surface area contributed by atoms with E-state index in [1.54, 1.807) is 23.9 Å². The van der Waals surface area contributed by atoms with Gasteiger partial charge in [0.2, 0.25) is 0 Å². The number of nitrogens with one attached hydrogen (secondary N) is 2. The van der Waals surface area contributed by atoms with Crippen molar-refractivity contribution in [3.8, 4) is 10.6 Å². The van der Waals surface area contributed by atoms with Gasteiger partial charge in [-0.05, 0) is 17.5 Å². The molecule has 19 heavy (non-hydrogen) atoms. The molecule has 0 atom stereocenters. The van der Waals surface area contributed by atoms with Crippen LogP contribution in [0.3, 0.4) is 0 Å². The summed E-state index contributed by atoms with van der Waals surface area (Å²) in [5.41, 5.74) is 3.23. The van der Waals surface area contributed by atoms with Gasteiger partial charge >= 0.3 is 0 Å². The highest BCUT2D eigenvalue weighted by Gasteiger charge is 2.07. The Kier molecular flexibility index (Phi) is 3.62. The van der Waals surface area contributed by atoms with Crippen LogP contribution in [-0.2, 0) is 13.1 Å². The zero-order valence-electron chi connectivity index (χ0n) is 10.2. The molecule has 0 aliphatic rings. The number of thiophene rings is 1. The molecule has 0 saturated heterocycles. The number of aromatic nitrogens is 4. The van der Waals surface area contributed by atoms with Crippen LogP contribution in [0.15, 0.2) is 42.3 Å². The molecule has 0 aliphatic heterocycles. The van der Waals surface area contributed by atoms with Crippen LogP contribution in [0.2, 0.25) is 0 Å². The first kappa shape index (κ1) is 12.0. The maximum absolute atomic E-state index is 4.17. The number of hydrogen-bond acceptors (Lipinski definition) is 5. The minimum absolute atomic E-state index is 0.720. The molecular weight excluding hydrogens is 258 g/mol. The number of H-pyrrole nitrogens is 1. The quantitative estimate of drug-likeness (QED) is 0.746. The third kappa shape index (κ3) is 2.86. The van der Waals surface area contributed by atoms with Crippen molar-refractivity contribution in [3.05, 3.63) is 53.6 Å². The Morgan fingerprint density at radius 2 is 2.26 bits per heavy atom. The summed E-state index contributed by atoms with van der Waals surface area (Å²) in [4.78, 5) is 9.28. The van der Waals surface area contributed by atoms with Gasteiger partial charge in [0.25, 0.3) is 0 Å². The summed E-state index contributed by atoms with van der Waals surface area (Å²) < 4.78 is 0. The summed E-state index contributed by atoms with van der Waals surface area (Å²) in [6.45, 7) is 1.48. The monoisotopic (exact) mass is 271 g/mol. The molecule has 0 fully saturated rings. The van der Waals surface area contributed by atoms with Crippen LogP contribution in [0.5, 0.6) is 0 Å². The van der Waals surface area contributed by atoms with Crippen LogP contribution in [0.4, 0.5) is 0 Å². The zero-order valence-corrected chi connectivity index (χ0v) is 11.0. The molecule has 0 aliphatic carbocycles. The lowest BCUT2D eigenvalue weighted by molar-refractivity contribution is 0.679. The van der Waals surface area contributed by atoms with Crippen molar-refractivity contribution in [1.82, 2.24) is 25.5 Å². The highest BCUT2D eigenvalue weighted by atomic mass is 32.1. The summed E-state index contributed by atoms with van der Waals surface area (Å²) in [5.74, 6) is 0. The van der Waals surface area contributed by atoms with Crippen LogP contribution < -0.4 is 5.32 Å². The number of rotatable bonds is 5. The van der Waals surface area contributed by atoms with Crippen molar-refractivity contribution in [3.63, 3.8) is 0 Å². The highest BCUT2D eigenvalue weighted by molar-refractivity contribution is 7.13. The zero-order chi connectivity index (χ0) is 12.9. The summed E-state index contributed by atoms with van der Waals surface area (Å²) in [5, 5.41) is 12.6. The third-order valence-electron chi connectivity index (χ3n) is 2.75. The molecule has 6 heteroatoms. The summed E-state index contributed by atoms with van der Waals surface area (Å²) in [6, 6.07) is 6.04. The fourth-order valence-corrected chi connectivity index (χ4v) is 2.58. The molecule has 0 radical (unpaired) electrons. The van der Waals surface area contributed by atoms with Crippen LogP contribution in [0.1, 0.15) is 11.3 Å². The van der Waals surface area contributed by atoms with Gasteiger partial charge in [-0.3, -0.25) is 5.10 Å². The summed E-state index contributed by atoms with van der Waals surface area (Å²) in [7, 11) is 0. The standard InChI is InChI=1S/C13H13N5S/c1-2-12(19-5-1)13-10(7-17-18-13)6-15-8-11-3-4-14-9-16-11/h1-5,7,9,15H,6,8H2,(H,17,18).